The fourth-order valence-electron chi connectivity index (χ4n) is 8.93. The highest BCUT2D eigenvalue weighted by molar-refractivity contribution is 6.31. The van der Waals surface area contributed by atoms with Gasteiger partial charge < -0.3 is 5.11 Å². The van der Waals surface area contributed by atoms with Crippen LogP contribution < -0.4 is 0 Å². The number of halogens is 2. The van der Waals surface area contributed by atoms with E-state index in [-0.39, 0.29) is 30.1 Å². The summed E-state index contributed by atoms with van der Waals surface area (Å²) in [7, 11) is 0. The quantitative estimate of drug-likeness (QED) is 0.434. The van der Waals surface area contributed by atoms with Gasteiger partial charge in [-0.25, -0.2) is 0 Å². The number of Topliss-reactive ketones (excluding diaryl/α,β-unsaturated/α-hetero) is 2. The number of nitrogens with zero attached hydrogens (tertiary/aromatic N) is 2. The lowest BCUT2D eigenvalue weighted by atomic mass is 9.57. The number of ketones is 2. The van der Waals surface area contributed by atoms with Gasteiger partial charge in [-0.15, -0.1) is 0 Å². The van der Waals surface area contributed by atoms with Gasteiger partial charge in [0.2, 0.25) is 0 Å². The monoisotopic (exact) mass is 556 g/mol. The topological polar surface area (TPSA) is 60.9 Å². The normalized spacial score (nSPS) is 37.2. The predicted octanol–water partition coefficient (Wildman–Crippen LogP) is 5.30. The van der Waals surface area contributed by atoms with Crippen LogP contribution in [-0.4, -0.2) is 57.7 Å². The van der Waals surface area contributed by atoms with Crippen molar-refractivity contribution in [1.29, 1.82) is 0 Å². The average molecular weight is 557 g/mol. The lowest BCUT2D eigenvalue weighted by Gasteiger charge is -2.45. The molecule has 0 aromatic heterocycles. The first-order valence-corrected chi connectivity index (χ1v) is 14.2. The minimum atomic E-state index is -1.62. The van der Waals surface area contributed by atoms with E-state index in [1.165, 1.54) is 0 Å². The van der Waals surface area contributed by atoms with Gasteiger partial charge in [-0.05, 0) is 60.9 Å². The fraction of sp³-hybridized carbons (Fsp3) is 0.312. The minimum Gasteiger partial charge on any atom is -0.369 e. The van der Waals surface area contributed by atoms with Crippen molar-refractivity contribution in [3.05, 3.63) is 111 Å². The lowest BCUT2D eigenvalue weighted by Crippen LogP contribution is -2.67. The van der Waals surface area contributed by atoms with Crippen LogP contribution in [0.4, 0.5) is 0 Å². The zero-order chi connectivity index (χ0) is 26.7. The second kappa shape index (κ2) is 7.90. The zero-order valence-electron chi connectivity index (χ0n) is 21.1. The van der Waals surface area contributed by atoms with Crippen molar-refractivity contribution >= 4 is 40.8 Å². The molecule has 5 unspecified atom stereocenters. The first-order valence-electron chi connectivity index (χ1n) is 13.5. The molecule has 0 amide bonds. The van der Waals surface area contributed by atoms with Crippen LogP contribution >= 0.6 is 23.2 Å². The van der Waals surface area contributed by atoms with Crippen molar-refractivity contribution in [2.24, 2.45) is 5.41 Å². The van der Waals surface area contributed by atoms with E-state index in [2.05, 4.69) is 4.90 Å². The number of carbonyl (C=O) groups is 2. The smallest absolute Gasteiger partial charge is 0.189 e. The van der Waals surface area contributed by atoms with E-state index in [0.717, 1.165) is 24.0 Å². The number of fused-ring (bicyclic) bond motifs is 5. The maximum atomic E-state index is 15.1. The first kappa shape index (κ1) is 24.0. The SMILES string of the molecule is O=C1/C(=C/c2ccc(Cl)cc2)CN2CC13[C@@H](c1ccc(Cl)cc1)C1CCCN1C31C(=O)c3ccccc3C21O. The van der Waals surface area contributed by atoms with Crippen LogP contribution in [0.1, 0.15) is 45.8 Å². The van der Waals surface area contributed by atoms with Gasteiger partial charge in [0.25, 0.3) is 0 Å². The van der Waals surface area contributed by atoms with E-state index in [1.54, 1.807) is 12.1 Å². The Morgan fingerprint density at radius 2 is 1.59 bits per heavy atom. The first-order chi connectivity index (χ1) is 18.8. The summed E-state index contributed by atoms with van der Waals surface area (Å²) >= 11 is 12.4. The summed E-state index contributed by atoms with van der Waals surface area (Å²) in [4.78, 5) is 34.1. The highest BCUT2D eigenvalue weighted by Crippen LogP contribution is 2.74. The van der Waals surface area contributed by atoms with Crippen LogP contribution in [0, 0.1) is 5.41 Å². The van der Waals surface area contributed by atoms with Gasteiger partial charge in [-0.1, -0.05) is 71.7 Å². The molecule has 8 rings (SSSR count). The molecule has 39 heavy (non-hydrogen) atoms. The molecule has 1 aliphatic carbocycles. The van der Waals surface area contributed by atoms with Gasteiger partial charge in [0.1, 0.15) is 5.54 Å². The largest absolute Gasteiger partial charge is 0.369 e. The summed E-state index contributed by atoms with van der Waals surface area (Å²) in [5.74, 6) is -0.443. The Balaban J connectivity index is 1.44. The van der Waals surface area contributed by atoms with Crippen molar-refractivity contribution < 1.29 is 14.7 Å². The highest BCUT2D eigenvalue weighted by atomic mass is 35.5. The number of benzene rings is 3. The summed E-state index contributed by atoms with van der Waals surface area (Å²) in [6, 6.07) is 22.5. The Bertz CT molecular complexity index is 1600. The molecule has 7 heteroatoms. The minimum absolute atomic E-state index is 0.0415. The van der Waals surface area contributed by atoms with Crippen molar-refractivity contribution in [1.82, 2.24) is 9.80 Å². The third-order valence-electron chi connectivity index (χ3n) is 10.1. The third-order valence-corrected chi connectivity index (χ3v) is 10.6. The number of carbonyl (C=O) groups excluding carboxylic acids is 2. The Labute approximate surface area is 236 Å². The Morgan fingerprint density at radius 1 is 0.897 bits per heavy atom. The second-order valence-corrected chi connectivity index (χ2v) is 12.4. The molecule has 4 saturated heterocycles. The molecule has 3 aromatic rings. The molecule has 196 valence electrons. The van der Waals surface area contributed by atoms with Crippen LogP contribution in [-0.2, 0) is 10.5 Å². The van der Waals surface area contributed by atoms with Crippen LogP contribution in [0.3, 0.4) is 0 Å². The van der Waals surface area contributed by atoms with Crippen LogP contribution in [0.15, 0.2) is 78.4 Å². The maximum Gasteiger partial charge on any atom is 0.189 e. The average Bonchev–Trinajstić information content (AvgIpc) is 3.60. The summed E-state index contributed by atoms with van der Waals surface area (Å²) in [6.45, 7) is 1.24. The predicted molar refractivity (Wildman–Crippen MR) is 150 cm³/mol. The molecule has 0 radical (unpaired) electrons. The van der Waals surface area contributed by atoms with Crippen molar-refractivity contribution in [3.63, 3.8) is 0 Å². The number of rotatable bonds is 2. The Kier molecular flexibility index (Phi) is 4.87. The molecule has 0 saturated carbocycles. The molecule has 5 nitrogen and oxygen atoms in total. The molecule has 1 N–H and O–H groups in total. The molecule has 4 aliphatic heterocycles. The van der Waals surface area contributed by atoms with Crippen LogP contribution in [0.5, 0.6) is 0 Å². The number of hydrogen-bond donors (Lipinski definition) is 1. The molecule has 3 aromatic carbocycles. The second-order valence-electron chi connectivity index (χ2n) is 11.6. The van der Waals surface area contributed by atoms with Crippen molar-refractivity contribution in [3.8, 4) is 0 Å². The summed E-state index contributed by atoms with van der Waals surface area (Å²) in [5, 5.41) is 14.3. The van der Waals surface area contributed by atoms with Crippen molar-refractivity contribution in [2.45, 2.75) is 36.1 Å². The molecule has 5 aliphatic rings. The van der Waals surface area contributed by atoms with Gasteiger partial charge in [-0.3, -0.25) is 19.4 Å². The molecule has 2 spiro atoms. The Morgan fingerprint density at radius 3 is 2.33 bits per heavy atom. The van der Waals surface area contributed by atoms with Crippen LogP contribution in [0.2, 0.25) is 10.0 Å². The summed E-state index contributed by atoms with van der Waals surface area (Å²) in [6.07, 6.45) is 3.68. The van der Waals surface area contributed by atoms with E-state index in [1.807, 2.05) is 71.6 Å². The molecule has 2 bridgehead atoms. The van der Waals surface area contributed by atoms with E-state index >= 15 is 4.79 Å². The number of aliphatic hydroxyl groups is 1. The number of piperidine rings is 1. The Hall–Kier alpha value is -2.80. The van der Waals surface area contributed by atoms with Gasteiger partial charge in [0.05, 0.1) is 5.41 Å². The van der Waals surface area contributed by atoms with Gasteiger partial charge in [-0.2, -0.15) is 0 Å². The molecule has 4 heterocycles. The zero-order valence-corrected chi connectivity index (χ0v) is 22.6. The van der Waals surface area contributed by atoms with Crippen molar-refractivity contribution in [2.75, 3.05) is 19.6 Å². The molecule has 4 fully saturated rings. The third kappa shape index (κ3) is 2.64. The highest BCUT2D eigenvalue weighted by Gasteiger charge is 2.89. The summed E-state index contributed by atoms with van der Waals surface area (Å²) < 4.78 is 0. The standard InChI is InChI=1S/C32H26Cl2N2O3/c33-22-11-7-19(8-12-22)16-21-17-35-18-30(28(21)37)27(20-9-13-23(34)14-10-20)26-6-3-15-36(26)31(30)29(38)24-4-1-2-5-25(24)32(31,35)39/h1-2,4-5,7-14,16,26-27,39H,3,6,15,17-18H2/b21-16+/t26?,27-,30?,31?,32?/m0/s1. The number of hydrogen-bond acceptors (Lipinski definition) is 5. The molecular formula is C32H26Cl2N2O3. The van der Waals surface area contributed by atoms with E-state index < -0.39 is 16.7 Å². The van der Waals surface area contributed by atoms with Gasteiger partial charge in [0.15, 0.2) is 17.3 Å². The van der Waals surface area contributed by atoms with E-state index in [4.69, 9.17) is 23.2 Å². The fourth-order valence-corrected chi connectivity index (χ4v) is 9.18. The van der Waals surface area contributed by atoms with Gasteiger partial charge in [0, 0.05) is 51.8 Å². The van der Waals surface area contributed by atoms with E-state index in [9.17, 15) is 9.90 Å². The lowest BCUT2D eigenvalue weighted by molar-refractivity contribution is -0.149. The maximum absolute atomic E-state index is 15.1. The molecule has 6 atom stereocenters. The van der Waals surface area contributed by atoms with E-state index in [0.29, 0.717) is 39.8 Å². The molecular weight excluding hydrogens is 531 g/mol. The van der Waals surface area contributed by atoms with Gasteiger partial charge >= 0.3 is 0 Å². The van der Waals surface area contributed by atoms with Crippen LogP contribution in [0.25, 0.3) is 6.08 Å². The summed E-state index contributed by atoms with van der Waals surface area (Å²) in [5.41, 5.74) is -0.584.